The van der Waals surface area contributed by atoms with Crippen molar-refractivity contribution in [2.75, 3.05) is 10.6 Å². The number of amides is 1. The molecule has 0 aliphatic carbocycles. The number of nitrogens with zero attached hydrogens (tertiary/aromatic N) is 2. The van der Waals surface area contributed by atoms with Gasteiger partial charge in [-0.25, -0.2) is 4.39 Å². The Morgan fingerprint density at radius 3 is 2.62 bits per heavy atom. The van der Waals surface area contributed by atoms with Gasteiger partial charge in [0, 0.05) is 18.4 Å². The highest BCUT2D eigenvalue weighted by Crippen LogP contribution is 2.15. The first-order valence-electron chi connectivity index (χ1n) is 6.20. The molecule has 6 nitrogen and oxygen atoms in total. The largest absolute Gasteiger partial charge is 0.364 e. The van der Waals surface area contributed by atoms with Crippen LogP contribution in [0.2, 0.25) is 0 Å². The molecule has 0 radical (unpaired) electrons. The second-order valence-corrected chi connectivity index (χ2v) is 4.61. The van der Waals surface area contributed by atoms with Crippen LogP contribution in [0, 0.1) is 5.82 Å². The van der Waals surface area contributed by atoms with Gasteiger partial charge in [0.15, 0.2) is 10.8 Å². The average molecular weight is 307 g/mol. The average Bonchev–Trinajstić information content (AvgIpc) is 2.84. The number of aromatic nitrogens is 2. The molecule has 1 heterocycles. The van der Waals surface area contributed by atoms with Crippen molar-refractivity contribution >= 4 is 34.6 Å². The first kappa shape index (κ1) is 14.9. The van der Waals surface area contributed by atoms with E-state index >= 15 is 0 Å². The summed E-state index contributed by atoms with van der Waals surface area (Å²) in [6, 6.07) is 5.73. The van der Waals surface area contributed by atoms with Gasteiger partial charge in [-0.15, -0.1) is 0 Å². The molecule has 1 aromatic heterocycles. The van der Waals surface area contributed by atoms with Gasteiger partial charge in [0.05, 0.1) is 5.69 Å². The van der Waals surface area contributed by atoms with E-state index in [9.17, 15) is 9.18 Å². The quantitative estimate of drug-likeness (QED) is 0.752. The molecule has 8 heteroatoms. The van der Waals surface area contributed by atoms with Crippen LogP contribution in [0.15, 0.2) is 30.5 Å². The number of hydrogen-bond donors (Lipinski definition) is 3. The lowest BCUT2D eigenvalue weighted by Gasteiger charge is -2.09. The molecule has 0 atom stereocenters. The number of carbonyl (C=O) groups is 1. The molecule has 1 aromatic carbocycles. The van der Waals surface area contributed by atoms with Crippen molar-refractivity contribution in [2.45, 2.75) is 13.5 Å². The zero-order chi connectivity index (χ0) is 15.4. The van der Waals surface area contributed by atoms with Crippen LogP contribution in [0.4, 0.5) is 15.8 Å². The number of hydrogen-bond acceptors (Lipinski definition) is 3. The van der Waals surface area contributed by atoms with Crippen LogP contribution in [0.25, 0.3) is 0 Å². The Hall–Kier alpha value is -2.48. The number of primary amides is 1. The molecule has 2 aromatic rings. The molecule has 1 amide bonds. The molecule has 0 unspecified atom stereocenters. The summed E-state index contributed by atoms with van der Waals surface area (Å²) in [6.07, 6.45) is 1.64. The van der Waals surface area contributed by atoms with Crippen molar-refractivity contribution in [3.05, 3.63) is 42.0 Å². The number of anilines is 2. The van der Waals surface area contributed by atoms with Crippen LogP contribution < -0.4 is 16.4 Å². The molecule has 0 spiro atoms. The number of benzene rings is 1. The number of nitrogens with two attached hydrogens (primary N) is 1. The predicted molar refractivity (Wildman–Crippen MR) is 82.7 cm³/mol. The summed E-state index contributed by atoms with van der Waals surface area (Å²) in [7, 11) is 0. The highest BCUT2D eigenvalue weighted by molar-refractivity contribution is 7.80. The third-order valence-electron chi connectivity index (χ3n) is 2.67. The number of rotatable bonds is 4. The van der Waals surface area contributed by atoms with E-state index in [-0.39, 0.29) is 16.6 Å². The Morgan fingerprint density at radius 2 is 2.05 bits per heavy atom. The maximum atomic E-state index is 12.8. The smallest absolute Gasteiger partial charge is 0.271 e. The zero-order valence-corrected chi connectivity index (χ0v) is 12.1. The van der Waals surface area contributed by atoms with Gasteiger partial charge in [0.2, 0.25) is 0 Å². The minimum Gasteiger partial charge on any atom is -0.364 e. The van der Waals surface area contributed by atoms with Crippen LogP contribution in [-0.2, 0) is 6.54 Å². The lowest BCUT2D eigenvalue weighted by Crippen LogP contribution is -2.21. The number of carbonyl (C=O) groups excluding carboxylic acids is 1. The summed E-state index contributed by atoms with van der Waals surface area (Å²) in [4.78, 5) is 11.3. The standard InChI is InChI=1S/C13H14FN5OS/c1-2-19-7-10(11(18-19)12(15)20)17-13(21)16-9-5-3-8(14)4-6-9/h3-7H,2H2,1H3,(H2,15,20)(H2,16,17,21). The fourth-order valence-corrected chi connectivity index (χ4v) is 1.90. The first-order valence-corrected chi connectivity index (χ1v) is 6.61. The second kappa shape index (κ2) is 6.31. The van der Waals surface area contributed by atoms with Gasteiger partial charge in [0.25, 0.3) is 5.91 Å². The van der Waals surface area contributed by atoms with Gasteiger partial charge in [-0.05, 0) is 43.4 Å². The Bertz CT molecular complexity index is 668. The number of aryl methyl sites for hydroxylation is 1. The summed E-state index contributed by atoms with van der Waals surface area (Å²) in [5.74, 6) is -0.978. The minimum absolute atomic E-state index is 0.111. The molecule has 0 saturated heterocycles. The monoisotopic (exact) mass is 307 g/mol. The van der Waals surface area contributed by atoms with E-state index in [0.29, 0.717) is 17.9 Å². The first-order chi connectivity index (χ1) is 9.99. The zero-order valence-electron chi connectivity index (χ0n) is 11.3. The minimum atomic E-state index is -0.644. The van der Waals surface area contributed by atoms with E-state index in [1.54, 1.807) is 23.0 Å². The molecule has 0 aliphatic rings. The van der Waals surface area contributed by atoms with Crippen molar-refractivity contribution in [3.63, 3.8) is 0 Å². The fraction of sp³-hybridized carbons (Fsp3) is 0.154. The van der Waals surface area contributed by atoms with Gasteiger partial charge in [-0.3, -0.25) is 9.48 Å². The van der Waals surface area contributed by atoms with Crippen LogP contribution >= 0.6 is 12.2 Å². The van der Waals surface area contributed by atoms with Crippen molar-refractivity contribution in [1.82, 2.24) is 9.78 Å². The third kappa shape index (κ3) is 3.76. The van der Waals surface area contributed by atoms with Crippen molar-refractivity contribution in [1.29, 1.82) is 0 Å². The highest BCUT2D eigenvalue weighted by Gasteiger charge is 2.14. The molecule has 0 fully saturated rings. The topological polar surface area (TPSA) is 85.0 Å². The third-order valence-corrected chi connectivity index (χ3v) is 2.87. The van der Waals surface area contributed by atoms with E-state index in [1.165, 1.54) is 12.1 Å². The van der Waals surface area contributed by atoms with Gasteiger partial charge in [-0.1, -0.05) is 0 Å². The fourth-order valence-electron chi connectivity index (χ4n) is 1.67. The van der Waals surface area contributed by atoms with Crippen molar-refractivity contribution in [2.24, 2.45) is 5.73 Å². The van der Waals surface area contributed by atoms with Crippen LogP contribution in [0.5, 0.6) is 0 Å². The Balaban J connectivity index is 2.10. The summed E-state index contributed by atoms with van der Waals surface area (Å²) < 4.78 is 14.4. The lowest BCUT2D eigenvalue weighted by molar-refractivity contribution is 0.0995. The van der Waals surface area contributed by atoms with E-state index in [2.05, 4.69) is 15.7 Å². The Morgan fingerprint density at radius 1 is 1.38 bits per heavy atom. The van der Waals surface area contributed by atoms with Crippen LogP contribution in [-0.4, -0.2) is 20.8 Å². The summed E-state index contributed by atoms with van der Waals surface area (Å²) in [6.45, 7) is 2.48. The maximum Gasteiger partial charge on any atom is 0.271 e. The maximum absolute atomic E-state index is 12.8. The molecular weight excluding hydrogens is 293 g/mol. The molecule has 0 bridgehead atoms. The van der Waals surface area contributed by atoms with E-state index in [1.807, 2.05) is 6.92 Å². The molecule has 4 N–H and O–H groups in total. The normalized spacial score (nSPS) is 10.2. The summed E-state index contributed by atoms with van der Waals surface area (Å²) in [5, 5.41) is 10.0. The van der Waals surface area contributed by atoms with E-state index < -0.39 is 5.91 Å². The molecular formula is C13H14FN5OS. The van der Waals surface area contributed by atoms with E-state index in [0.717, 1.165) is 0 Å². The molecule has 0 aliphatic heterocycles. The number of nitrogens with one attached hydrogen (secondary N) is 2. The predicted octanol–water partition coefficient (Wildman–Crippen LogP) is 1.95. The van der Waals surface area contributed by atoms with E-state index in [4.69, 9.17) is 18.0 Å². The highest BCUT2D eigenvalue weighted by atomic mass is 32.1. The van der Waals surface area contributed by atoms with Gasteiger partial charge >= 0.3 is 0 Å². The Kier molecular flexibility index (Phi) is 4.49. The van der Waals surface area contributed by atoms with Crippen molar-refractivity contribution in [3.8, 4) is 0 Å². The van der Waals surface area contributed by atoms with Crippen molar-refractivity contribution < 1.29 is 9.18 Å². The second-order valence-electron chi connectivity index (χ2n) is 4.20. The van der Waals surface area contributed by atoms with Crippen LogP contribution in [0.3, 0.4) is 0 Å². The number of thiocarbonyl (C=S) groups is 1. The summed E-state index contributed by atoms with van der Waals surface area (Å²) >= 11 is 5.14. The molecule has 0 saturated carbocycles. The Labute approximate surface area is 126 Å². The number of halogens is 1. The lowest BCUT2D eigenvalue weighted by atomic mass is 10.3. The SMILES string of the molecule is CCn1cc(NC(=S)Nc2ccc(F)cc2)c(C(N)=O)n1. The van der Waals surface area contributed by atoms with Gasteiger partial charge in [0.1, 0.15) is 5.82 Å². The molecule has 2 rings (SSSR count). The summed E-state index contributed by atoms with van der Waals surface area (Å²) in [5.41, 5.74) is 6.42. The molecule has 21 heavy (non-hydrogen) atoms. The van der Waals surface area contributed by atoms with Gasteiger partial charge < -0.3 is 16.4 Å². The van der Waals surface area contributed by atoms with Crippen LogP contribution in [0.1, 0.15) is 17.4 Å². The molecule has 110 valence electrons. The van der Waals surface area contributed by atoms with Gasteiger partial charge in [-0.2, -0.15) is 5.10 Å².